The number of hydrogen-bond acceptors (Lipinski definition) is 3. The molecule has 2 heterocycles. The SMILES string of the molecule is Cc1ccc([N+](=O)[O-])cc1-c1nccc2c1[nH]c1ccccc12. The Morgan fingerprint density at radius 2 is 1.91 bits per heavy atom. The number of para-hydroxylation sites is 1. The summed E-state index contributed by atoms with van der Waals surface area (Å²) in [6.07, 6.45) is 1.75. The zero-order valence-electron chi connectivity index (χ0n) is 12.4. The number of non-ortho nitro benzene ring substituents is 1. The van der Waals surface area contributed by atoms with Crippen molar-refractivity contribution in [1.82, 2.24) is 9.97 Å². The lowest BCUT2D eigenvalue weighted by Crippen LogP contribution is -1.93. The van der Waals surface area contributed by atoms with Gasteiger partial charge in [0.15, 0.2) is 0 Å². The van der Waals surface area contributed by atoms with E-state index in [4.69, 9.17) is 0 Å². The van der Waals surface area contributed by atoms with E-state index in [-0.39, 0.29) is 10.6 Å². The second-order valence-electron chi connectivity index (χ2n) is 5.51. The Morgan fingerprint density at radius 3 is 2.74 bits per heavy atom. The van der Waals surface area contributed by atoms with Crippen molar-refractivity contribution < 1.29 is 4.92 Å². The van der Waals surface area contributed by atoms with Gasteiger partial charge in [0.1, 0.15) is 0 Å². The largest absolute Gasteiger partial charge is 0.353 e. The molecule has 0 aliphatic heterocycles. The zero-order valence-corrected chi connectivity index (χ0v) is 12.4. The number of aromatic amines is 1. The molecule has 0 fully saturated rings. The molecule has 4 aromatic rings. The van der Waals surface area contributed by atoms with Crippen molar-refractivity contribution in [2.24, 2.45) is 0 Å². The fraction of sp³-hybridized carbons (Fsp3) is 0.0556. The topological polar surface area (TPSA) is 71.8 Å². The van der Waals surface area contributed by atoms with Gasteiger partial charge in [-0.1, -0.05) is 24.3 Å². The number of aromatic nitrogens is 2. The van der Waals surface area contributed by atoms with E-state index in [0.717, 1.165) is 38.6 Å². The van der Waals surface area contributed by atoms with Gasteiger partial charge in [-0.15, -0.1) is 0 Å². The Hall–Kier alpha value is -3.21. The first kappa shape index (κ1) is 13.5. The number of H-pyrrole nitrogens is 1. The van der Waals surface area contributed by atoms with Gasteiger partial charge in [0, 0.05) is 40.2 Å². The summed E-state index contributed by atoms with van der Waals surface area (Å²) in [5, 5.41) is 13.3. The van der Waals surface area contributed by atoms with Gasteiger partial charge in [-0.05, 0) is 24.6 Å². The number of benzene rings is 2. The second kappa shape index (κ2) is 4.91. The summed E-state index contributed by atoms with van der Waals surface area (Å²) in [5.74, 6) is 0. The monoisotopic (exact) mass is 303 g/mol. The Morgan fingerprint density at radius 1 is 1.09 bits per heavy atom. The van der Waals surface area contributed by atoms with Crippen LogP contribution in [0.15, 0.2) is 54.7 Å². The van der Waals surface area contributed by atoms with Gasteiger partial charge >= 0.3 is 0 Å². The third kappa shape index (κ3) is 2.05. The van der Waals surface area contributed by atoms with E-state index in [9.17, 15) is 10.1 Å². The molecule has 1 N–H and O–H groups in total. The summed E-state index contributed by atoms with van der Waals surface area (Å²) in [5.41, 5.74) is 4.46. The number of nitro benzene ring substituents is 1. The van der Waals surface area contributed by atoms with Gasteiger partial charge in [-0.2, -0.15) is 0 Å². The molecule has 2 aromatic heterocycles. The van der Waals surface area contributed by atoms with Gasteiger partial charge in [-0.25, -0.2) is 0 Å². The molecule has 4 rings (SSSR count). The maximum Gasteiger partial charge on any atom is 0.270 e. The van der Waals surface area contributed by atoms with Gasteiger partial charge < -0.3 is 4.98 Å². The molecule has 5 heteroatoms. The quantitative estimate of drug-likeness (QED) is 0.434. The van der Waals surface area contributed by atoms with Crippen LogP contribution in [0.3, 0.4) is 0 Å². The van der Waals surface area contributed by atoms with Crippen molar-refractivity contribution in [1.29, 1.82) is 0 Å². The van der Waals surface area contributed by atoms with E-state index in [1.165, 1.54) is 6.07 Å². The lowest BCUT2D eigenvalue weighted by atomic mass is 10.0. The number of nitro groups is 1. The van der Waals surface area contributed by atoms with E-state index in [2.05, 4.69) is 16.0 Å². The second-order valence-corrected chi connectivity index (χ2v) is 5.51. The minimum atomic E-state index is -0.381. The van der Waals surface area contributed by atoms with E-state index < -0.39 is 0 Å². The molecule has 0 saturated carbocycles. The summed E-state index contributed by atoms with van der Waals surface area (Å²) in [7, 11) is 0. The normalized spacial score (nSPS) is 11.2. The van der Waals surface area contributed by atoms with Gasteiger partial charge in [-0.3, -0.25) is 15.1 Å². The van der Waals surface area contributed by atoms with E-state index in [1.807, 2.05) is 31.2 Å². The van der Waals surface area contributed by atoms with Crippen LogP contribution in [0.25, 0.3) is 33.1 Å². The van der Waals surface area contributed by atoms with Gasteiger partial charge in [0.05, 0.1) is 16.1 Å². The van der Waals surface area contributed by atoms with E-state index in [0.29, 0.717) is 0 Å². The number of nitrogens with zero attached hydrogens (tertiary/aromatic N) is 2. The fourth-order valence-corrected chi connectivity index (χ4v) is 2.96. The molecule has 0 aliphatic rings. The highest BCUT2D eigenvalue weighted by atomic mass is 16.6. The first-order chi connectivity index (χ1) is 11.1. The lowest BCUT2D eigenvalue weighted by molar-refractivity contribution is -0.384. The number of aryl methyl sites for hydroxylation is 1. The molecule has 0 atom stereocenters. The highest BCUT2D eigenvalue weighted by Crippen LogP contribution is 2.34. The zero-order chi connectivity index (χ0) is 16.0. The van der Waals surface area contributed by atoms with Crippen LogP contribution in [0, 0.1) is 17.0 Å². The van der Waals surface area contributed by atoms with Crippen molar-refractivity contribution in [2.45, 2.75) is 6.92 Å². The van der Waals surface area contributed by atoms with Crippen molar-refractivity contribution in [3.63, 3.8) is 0 Å². The Bertz CT molecular complexity index is 1070. The summed E-state index contributed by atoms with van der Waals surface area (Å²) in [6, 6.07) is 14.9. The average molecular weight is 303 g/mol. The number of hydrogen-bond donors (Lipinski definition) is 1. The Labute approximate surface area is 131 Å². The average Bonchev–Trinajstić information content (AvgIpc) is 2.94. The Kier molecular flexibility index (Phi) is 2.87. The van der Waals surface area contributed by atoms with Crippen molar-refractivity contribution in [3.05, 3.63) is 70.4 Å². The summed E-state index contributed by atoms with van der Waals surface area (Å²) >= 11 is 0. The molecule has 23 heavy (non-hydrogen) atoms. The van der Waals surface area contributed by atoms with Crippen molar-refractivity contribution in [2.75, 3.05) is 0 Å². The first-order valence-electron chi connectivity index (χ1n) is 7.26. The molecule has 0 saturated heterocycles. The minimum absolute atomic E-state index is 0.0699. The predicted molar refractivity (Wildman–Crippen MR) is 90.4 cm³/mol. The van der Waals surface area contributed by atoms with Crippen LogP contribution in [-0.2, 0) is 0 Å². The van der Waals surface area contributed by atoms with E-state index >= 15 is 0 Å². The summed E-state index contributed by atoms with van der Waals surface area (Å²) in [6.45, 7) is 1.93. The molecule has 0 unspecified atom stereocenters. The molecule has 0 amide bonds. The molecule has 5 nitrogen and oxygen atoms in total. The van der Waals surface area contributed by atoms with Gasteiger partial charge in [0.2, 0.25) is 0 Å². The standard InChI is InChI=1S/C18H13N3O2/c1-11-6-7-12(21(22)23)10-15(11)17-18-14(8-9-19-17)13-4-2-3-5-16(13)20-18/h2-10,20H,1H3. The highest BCUT2D eigenvalue weighted by Gasteiger charge is 2.15. The van der Waals surface area contributed by atoms with E-state index in [1.54, 1.807) is 18.3 Å². The number of pyridine rings is 1. The van der Waals surface area contributed by atoms with Crippen LogP contribution in [0.5, 0.6) is 0 Å². The predicted octanol–water partition coefficient (Wildman–Crippen LogP) is 4.60. The molecule has 2 aromatic carbocycles. The third-order valence-electron chi connectivity index (χ3n) is 4.11. The fourth-order valence-electron chi connectivity index (χ4n) is 2.96. The molecule has 0 spiro atoms. The van der Waals surface area contributed by atoms with Crippen LogP contribution in [-0.4, -0.2) is 14.9 Å². The van der Waals surface area contributed by atoms with Crippen LogP contribution in [0.1, 0.15) is 5.56 Å². The van der Waals surface area contributed by atoms with Crippen molar-refractivity contribution >= 4 is 27.5 Å². The maximum absolute atomic E-state index is 11.1. The highest BCUT2D eigenvalue weighted by molar-refractivity contribution is 6.11. The summed E-state index contributed by atoms with van der Waals surface area (Å²) < 4.78 is 0. The molecule has 0 radical (unpaired) electrons. The van der Waals surface area contributed by atoms with Gasteiger partial charge in [0.25, 0.3) is 5.69 Å². The smallest absolute Gasteiger partial charge is 0.270 e. The number of fused-ring (bicyclic) bond motifs is 3. The van der Waals surface area contributed by atoms with Crippen LogP contribution in [0.2, 0.25) is 0 Å². The molecule has 0 aliphatic carbocycles. The van der Waals surface area contributed by atoms with Crippen LogP contribution < -0.4 is 0 Å². The lowest BCUT2D eigenvalue weighted by Gasteiger charge is -2.06. The molecular formula is C18H13N3O2. The number of nitrogens with one attached hydrogen (secondary N) is 1. The van der Waals surface area contributed by atoms with Crippen LogP contribution >= 0.6 is 0 Å². The Balaban J connectivity index is 2.06. The molecule has 0 bridgehead atoms. The molecule has 112 valence electrons. The maximum atomic E-state index is 11.1. The third-order valence-corrected chi connectivity index (χ3v) is 4.11. The first-order valence-corrected chi connectivity index (χ1v) is 7.26. The van der Waals surface area contributed by atoms with Crippen molar-refractivity contribution in [3.8, 4) is 11.3 Å². The number of rotatable bonds is 2. The molecular weight excluding hydrogens is 290 g/mol. The summed E-state index contributed by atoms with van der Waals surface area (Å²) in [4.78, 5) is 18.6. The van der Waals surface area contributed by atoms with Crippen LogP contribution in [0.4, 0.5) is 5.69 Å². The minimum Gasteiger partial charge on any atom is -0.353 e.